The van der Waals surface area contributed by atoms with E-state index < -0.39 is 0 Å². The van der Waals surface area contributed by atoms with Crippen molar-refractivity contribution < 1.29 is 0 Å². The maximum Gasteiger partial charge on any atom is 0.202 e. The summed E-state index contributed by atoms with van der Waals surface area (Å²) >= 11 is 1.86. The van der Waals surface area contributed by atoms with Crippen molar-refractivity contribution in [3.63, 3.8) is 0 Å². The number of hydrogen-bond acceptors (Lipinski definition) is 4. The Morgan fingerprint density at radius 3 is 2.79 bits per heavy atom. The molecule has 2 aromatic rings. The number of rotatable bonds is 6. The monoisotopic (exact) mass is 281 g/mol. The van der Waals surface area contributed by atoms with Crippen LogP contribution >= 0.6 is 11.8 Å². The first-order chi connectivity index (χ1) is 9.10. The highest BCUT2D eigenvalue weighted by molar-refractivity contribution is 7.98. The van der Waals surface area contributed by atoms with E-state index in [-0.39, 0.29) is 0 Å². The molecular formula is C13H23N5S. The molecule has 0 aliphatic rings. The minimum absolute atomic E-state index is 0.349. The molecule has 0 saturated carbocycles. The summed E-state index contributed by atoms with van der Waals surface area (Å²) < 4.78 is 4.04. The van der Waals surface area contributed by atoms with Crippen LogP contribution in [0, 0.1) is 0 Å². The molecule has 6 heteroatoms. The average Bonchev–Trinajstić information content (AvgIpc) is 2.85. The van der Waals surface area contributed by atoms with Crippen molar-refractivity contribution in [1.29, 1.82) is 0 Å². The summed E-state index contributed by atoms with van der Waals surface area (Å²) in [7, 11) is 1.97. The Morgan fingerprint density at radius 2 is 2.16 bits per heavy atom. The molecule has 2 heterocycles. The fourth-order valence-corrected chi connectivity index (χ4v) is 3.05. The number of aromatic nitrogens is 4. The molecule has 1 unspecified atom stereocenters. The Hall–Kier alpha value is -1.17. The van der Waals surface area contributed by atoms with Gasteiger partial charge in [-0.25, -0.2) is 4.98 Å². The van der Waals surface area contributed by atoms with Gasteiger partial charge in [-0.3, -0.25) is 9.25 Å². The van der Waals surface area contributed by atoms with Crippen LogP contribution in [0.25, 0.3) is 11.2 Å². The average molecular weight is 281 g/mol. The number of fused-ring (bicyclic) bond motifs is 1. The normalized spacial score (nSPS) is 13.3. The molecule has 0 radical (unpaired) electrons. The molecule has 0 aromatic carbocycles. The Balaban J connectivity index is 2.46. The lowest BCUT2D eigenvalue weighted by molar-refractivity contribution is 0.542. The summed E-state index contributed by atoms with van der Waals surface area (Å²) in [4.78, 5) is 4.53. The van der Waals surface area contributed by atoms with E-state index >= 15 is 0 Å². The molecule has 2 rings (SSSR count). The first kappa shape index (κ1) is 14.2. The van der Waals surface area contributed by atoms with Gasteiger partial charge < -0.3 is 5.73 Å². The fourth-order valence-electron chi connectivity index (χ4n) is 2.48. The summed E-state index contributed by atoms with van der Waals surface area (Å²) in [6, 6.07) is 0.349. The van der Waals surface area contributed by atoms with Gasteiger partial charge in [-0.2, -0.15) is 16.9 Å². The Kier molecular flexibility index (Phi) is 4.39. The molecule has 19 heavy (non-hydrogen) atoms. The number of thioether (sulfide) groups is 1. The summed E-state index contributed by atoms with van der Waals surface area (Å²) in [5.74, 6) is 1.73. The Morgan fingerprint density at radius 1 is 1.42 bits per heavy atom. The van der Waals surface area contributed by atoms with Gasteiger partial charge >= 0.3 is 0 Å². The maximum atomic E-state index is 6.11. The minimum atomic E-state index is 0.349. The third-order valence-corrected chi connectivity index (χ3v) is 4.08. The van der Waals surface area contributed by atoms with Gasteiger partial charge in [-0.15, -0.1) is 0 Å². The van der Waals surface area contributed by atoms with Crippen LogP contribution in [0.2, 0.25) is 0 Å². The van der Waals surface area contributed by atoms with Crippen LogP contribution in [0.1, 0.15) is 38.4 Å². The lowest BCUT2D eigenvalue weighted by Crippen LogP contribution is -2.12. The highest BCUT2D eigenvalue weighted by atomic mass is 32.2. The van der Waals surface area contributed by atoms with Crippen LogP contribution in [-0.4, -0.2) is 31.3 Å². The lowest BCUT2D eigenvalue weighted by Gasteiger charge is -2.15. The van der Waals surface area contributed by atoms with Crippen molar-refractivity contribution in [3.8, 4) is 0 Å². The molecule has 0 saturated heterocycles. The first-order valence-electron chi connectivity index (χ1n) is 6.78. The number of imidazole rings is 1. The number of hydrogen-bond donors (Lipinski definition) is 1. The molecule has 1 atom stereocenters. The molecule has 2 aromatic heterocycles. The summed E-state index contributed by atoms with van der Waals surface area (Å²) in [6.07, 6.45) is 5.24. The number of nitrogens with two attached hydrogens (primary N) is 1. The summed E-state index contributed by atoms with van der Waals surface area (Å²) in [6.45, 7) is 4.35. The van der Waals surface area contributed by atoms with Gasteiger partial charge in [0.05, 0.1) is 5.69 Å². The van der Waals surface area contributed by atoms with Crippen LogP contribution in [0.4, 0.5) is 5.95 Å². The molecule has 0 aliphatic heterocycles. The molecule has 0 amide bonds. The second-order valence-corrected chi connectivity index (χ2v) is 5.95. The van der Waals surface area contributed by atoms with Gasteiger partial charge in [0.2, 0.25) is 5.95 Å². The number of nitrogen functional groups attached to an aromatic ring is 1. The molecule has 0 bridgehead atoms. The van der Waals surface area contributed by atoms with E-state index in [0.717, 1.165) is 41.9 Å². The van der Waals surface area contributed by atoms with Crippen molar-refractivity contribution >= 4 is 28.9 Å². The SMILES string of the molecule is CCCc1nn(C)c2c1nc(N)n2C(C)CCSC. The molecule has 0 aliphatic carbocycles. The minimum Gasteiger partial charge on any atom is -0.369 e. The van der Waals surface area contributed by atoms with Gasteiger partial charge in [-0.1, -0.05) is 13.3 Å². The number of nitrogens with zero attached hydrogens (tertiary/aromatic N) is 4. The zero-order valence-corrected chi connectivity index (χ0v) is 13.0. The van der Waals surface area contributed by atoms with Gasteiger partial charge in [-0.05, 0) is 31.8 Å². The molecule has 5 nitrogen and oxygen atoms in total. The van der Waals surface area contributed by atoms with E-state index in [2.05, 4.69) is 34.8 Å². The highest BCUT2D eigenvalue weighted by Crippen LogP contribution is 2.27. The molecular weight excluding hydrogens is 258 g/mol. The topological polar surface area (TPSA) is 61.7 Å². The predicted octanol–water partition coefficient (Wildman–Crippen LogP) is 2.62. The van der Waals surface area contributed by atoms with Crippen LogP contribution in [0.3, 0.4) is 0 Å². The van der Waals surface area contributed by atoms with Crippen molar-refractivity contribution in [2.24, 2.45) is 7.05 Å². The van der Waals surface area contributed by atoms with E-state index in [1.165, 1.54) is 0 Å². The Bertz CT molecular complexity index is 557. The smallest absolute Gasteiger partial charge is 0.202 e. The largest absolute Gasteiger partial charge is 0.369 e. The van der Waals surface area contributed by atoms with E-state index in [1.807, 2.05) is 23.5 Å². The van der Waals surface area contributed by atoms with Crippen molar-refractivity contribution in [1.82, 2.24) is 19.3 Å². The standard InChI is InChI=1S/C13H23N5S/c1-5-6-10-11-12(17(3)16-10)18(13(14)15-11)9(2)7-8-19-4/h9H,5-8H2,1-4H3,(H2,14,15). The molecule has 0 spiro atoms. The van der Waals surface area contributed by atoms with Gasteiger partial charge in [0.15, 0.2) is 5.65 Å². The van der Waals surface area contributed by atoms with Crippen LogP contribution in [0.5, 0.6) is 0 Å². The van der Waals surface area contributed by atoms with E-state index in [0.29, 0.717) is 12.0 Å². The zero-order chi connectivity index (χ0) is 14.0. The Labute approximate surface area is 118 Å². The molecule has 2 N–H and O–H groups in total. The van der Waals surface area contributed by atoms with Crippen LogP contribution in [-0.2, 0) is 13.5 Å². The fraction of sp³-hybridized carbons (Fsp3) is 0.692. The highest BCUT2D eigenvalue weighted by Gasteiger charge is 2.20. The van der Waals surface area contributed by atoms with Crippen molar-refractivity contribution in [2.45, 2.75) is 39.2 Å². The van der Waals surface area contributed by atoms with Gasteiger partial charge in [0, 0.05) is 13.1 Å². The van der Waals surface area contributed by atoms with E-state index in [4.69, 9.17) is 5.73 Å². The summed E-state index contributed by atoms with van der Waals surface area (Å²) in [5, 5.41) is 4.58. The van der Waals surface area contributed by atoms with Crippen molar-refractivity contribution in [3.05, 3.63) is 5.69 Å². The first-order valence-corrected chi connectivity index (χ1v) is 8.17. The van der Waals surface area contributed by atoms with E-state index in [9.17, 15) is 0 Å². The number of aryl methyl sites for hydroxylation is 2. The van der Waals surface area contributed by atoms with Crippen molar-refractivity contribution in [2.75, 3.05) is 17.7 Å². The van der Waals surface area contributed by atoms with Crippen LogP contribution in [0.15, 0.2) is 0 Å². The number of anilines is 1. The molecule has 0 fully saturated rings. The van der Waals surface area contributed by atoms with Gasteiger partial charge in [0.25, 0.3) is 0 Å². The van der Waals surface area contributed by atoms with Gasteiger partial charge in [0.1, 0.15) is 5.52 Å². The molecule has 106 valence electrons. The second-order valence-electron chi connectivity index (χ2n) is 4.96. The predicted molar refractivity (Wildman–Crippen MR) is 82.6 cm³/mol. The third kappa shape index (κ3) is 2.59. The quantitative estimate of drug-likeness (QED) is 0.884. The lowest BCUT2D eigenvalue weighted by atomic mass is 10.2. The zero-order valence-electron chi connectivity index (χ0n) is 12.2. The van der Waals surface area contributed by atoms with Crippen LogP contribution < -0.4 is 5.73 Å². The third-order valence-electron chi connectivity index (χ3n) is 3.43. The maximum absolute atomic E-state index is 6.11. The van der Waals surface area contributed by atoms with E-state index in [1.54, 1.807) is 0 Å². The summed E-state index contributed by atoms with van der Waals surface area (Å²) in [5.41, 5.74) is 9.19. The second kappa shape index (κ2) is 5.86.